The average Bonchev–Trinajstić information content (AvgIpc) is 2.37. The van der Waals surface area contributed by atoms with Gasteiger partial charge >= 0.3 is 6.09 Å². The minimum Gasteiger partial charge on any atom is -0.444 e. The van der Waals surface area contributed by atoms with Gasteiger partial charge in [-0.05, 0) is 46.6 Å². The molecular weight excluding hydrogens is 254 g/mol. The van der Waals surface area contributed by atoms with Crippen LogP contribution in [0.25, 0.3) is 0 Å². The number of hydrogen-bond acceptors (Lipinski definition) is 4. The van der Waals surface area contributed by atoms with E-state index in [1.54, 1.807) is 11.1 Å². The fraction of sp³-hybridized carbons (Fsp3) is 0.667. The Kier molecular flexibility index (Phi) is 4.26. The number of hydrogen-bond donors (Lipinski definition) is 0. The van der Waals surface area contributed by atoms with E-state index in [9.17, 15) is 4.79 Å². The van der Waals surface area contributed by atoms with E-state index in [4.69, 9.17) is 4.74 Å². The molecule has 1 fully saturated rings. The Hall–Kier alpha value is -1.65. The van der Waals surface area contributed by atoms with Crippen LogP contribution in [0.2, 0.25) is 0 Å². The first-order valence-corrected chi connectivity index (χ1v) is 7.12. The topological polar surface area (TPSA) is 55.3 Å². The van der Waals surface area contributed by atoms with Gasteiger partial charge in [-0.1, -0.05) is 0 Å². The second-order valence-electron chi connectivity index (χ2n) is 6.29. The number of piperidine rings is 1. The van der Waals surface area contributed by atoms with E-state index >= 15 is 0 Å². The van der Waals surface area contributed by atoms with Crippen molar-refractivity contribution in [2.75, 3.05) is 13.1 Å². The van der Waals surface area contributed by atoms with Crippen LogP contribution in [0.4, 0.5) is 4.79 Å². The molecule has 110 valence electrons. The van der Waals surface area contributed by atoms with E-state index < -0.39 is 5.60 Å². The number of aryl methyl sites for hydroxylation is 1. The lowest BCUT2D eigenvalue weighted by molar-refractivity contribution is 0.0197. The molecule has 1 aromatic rings. The Morgan fingerprint density at radius 3 is 2.85 bits per heavy atom. The first kappa shape index (κ1) is 14.8. The molecule has 1 saturated heterocycles. The lowest BCUT2D eigenvalue weighted by atomic mass is 9.95. The van der Waals surface area contributed by atoms with Gasteiger partial charge < -0.3 is 9.64 Å². The van der Waals surface area contributed by atoms with Crippen molar-refractivity contribution in [1.29, 1.82) is 0 Å². The minimum absolute atomic E-state index is 0.229. The van der Waals surface area contributed by atoms with E-state index in [0.717, 1.165) is 30.9 Å². The van der Waals surface area contributed by atoms with Crippen LogP contribution in [0, 0.1) is 6.92 Å². The molecule has 0 spiro atoms. The summed E-state index contributed by atoms with van der Waals surface area (Å²) in [5, 5.41) is 0. The van der Waals surface area contributed by atoms with Crippen LogP contribution < -0.4 is 0 Å². The standard InChI is InChI=1S/C15H23N3O2/c1-11-16-8-7-13(17-11)12-6-5-9-18(10-12)14(19)20-15(2,3)4/h7-8,12H,5-6,9-10H2,1-4H3/t12-/m0/s1. The highest BCUT2D eigenvalue weighted by atomic mass is 16.6. The Morgan fingerprint density at radius 2 is 2.20 bits per heavy atom. The average molecular weight is 277 g/mol. The van der Waals surface area contributed by atoms with Crippen LogP contribution in [0.1, 0.15) is 51.0 Å². The predicted molar refractivity (Wildman–Crippen MR) is 76.6 cm³/mol. The molecule has 2 heterocycles. The van der Waals surface area contributed by atoms with E-state index in [1.807, 2.05) is 33.8 Å². The molecule has 1 amide bonds. The first-order valence-electron chi connectivity index (χ1n) is 7.12. The quantitative estimate of drug-likeness (QED) is 0.792. The van der Waals surface area contributed by atoms with E-state index in [-0.39, 0.29) is 12.0 Å². The lowest BCUT2D eigenvalue weighted by Gasteiger charge is -2.33. The third-order valence-electron chi connectivity index (χ3n) is 3.29. The Balaban J connectivity index is 2.03. The number of likely N-dealkylation sites (tertiary alicyclic amines) is 1. The minimum atomic E-state index is -0.449. The van der Waals surface area contributed by atoms with Gasteiger partial charge in [-0.15, -0.1) is 0 Å². The van der Waals surface area contributed by atoms with Crippen molar-refractivity contribution >= 4 is 6.09 Å². The Morgan fingerprint density at radius 1 is 1.45 bits per heavy atom. The van der Waals surface area contributed by atoms with Gasteiger partial charge in [0.15, 0.2) is 0 Å². The van der Waals surface area contributed by atoms with Gasteiger partial charge in [0.1, 0.15) is 11.4 Å². The second-order valence-corrected chi connectivity index (χ2v) is 6.29. The number of nitrogens with zero attached hydrogens (tertiary/aromatic N) is 3. The van der Waals surface area contributed by atoms with Crippen LogP contribution in [-0.2, 0) is 4.74 Å². The molecule has 0 aliphatic carbocycles. The summed E-state index contributed by atoms with van der Waals surface area (Å²) >= 11 is 0. The molecule has 0 aromatic carbocycles. The molecule has 2 rings (SSSR count). The molecular formula is C15H23N3O2. The number of amides is 1. The zero-order chi connectivity index (χ0) is 14.8. The molecule has 0 saturated carbocycles. The molecule has 1 atom stereocenters. The van der Waals surface area contributed by atoms with Gasteiger partial charge in [0.2, 0.25) is 0 Å². The molecule has 5 heteroatoms. The maximum atomic E-state index is 12.1. The summed E-state index contributed by atoms with van der Waals surface area (Å²) in [7, 11) is 0. The van der Waals surface area contributed by atoms with Crippen molar-refractivity contribution in [2.45, 2.75) is 52.1 Å². The van der Waals surface area contributed by atoms with Crippen molar-refractivity contribution < 1.29 is 9.53 Å². The summed E-state index contributed by atoms with van der Waals surface area (Å²) in [6.45, 7) is 8.99. The smallest absolute Gasteiger partial charge is 0.410 e. The van der Waals surface area contributed by atoms with Crippen molar-refractivity contribution in [3.05, 3.63) is 23.8 Å². The van der Waals surface area contributed by atoms with Gasteiger partial charge in [0.05, 0.1) is 0 Å². The highest BCUT2D eigenvalue weighted by Crippen LogP contribution is 2.26. The molecule has 1 aliphatic heterocycles. The van der Waals surface area contributed by atoms with Crippen molar-refractivity contribution in [3.63, 3.8) is 0 Å². The fourth-order valence-corrected chi connectivity index (χ4v) is 2.41. The summed E-state index contributed by atoms with van der Waals surface area (Å²) in [5.41, 5.74) is 0.570. The Bertz CT molecular complexity index is 482. The molecule has 0 radical (unpaired) electrons. The molecule has 0 bridgehead atoms. The summed E-state index contributed by atoms with van der Waals surface area (Å²) in [6, 6.07) is 1.94. The van der Waals surface area contributed by atoms with Crippen molar-refractivity contribution in [2.24, 2.45) is 0 Å². The van der Waals surface area contributed by atoms with E-state index in [0.29, 0.717) is 6.54 Å². The highest BCUT2D eigenvalue weighted by molar-refractivity contribution is 5.68. The summed E-state index contributed by atoms with van der Waals surface area (Å²) < 4.78 is 5.44. The number of ether oxygens (including phenoxy) is 1. The van der Waals surface area contributed by atoms with Crippen LogP contribution in [0.3, 0.4) is 0 Å². The highest BCUT2D eigenvalue weighted by Gasteiger charge is 2.28. The van der Waals surface area contributed by atoms with Gasteiger partial charge in [-0.2, -0.15) is 0 Å². The molecule has 0 N–H and O–H groups in total. The largest absolute Gasteiger partial charge is 0.444 e. The number of aromatic nitrogens is 2. The van der Waals surface area contributed by atoms with Crippen LogP contribution >= 0.6 is 0 Å². The van der Waals surface area contributed by atoms with Crippen LogP contribution in [-0.4, -0.2) is 39.7 Å². The zero-order valence-corrected chi connectivity index (χ0v) is 12.7. The summed E-state index contributed by atoms with van der Waals surface area (Å²) in [5.74, 6) is 1.05. The van der Waals surface area contributed by atoms with Crippen molar-refractivity contribution in [1.82, 2.24) is 14.9 Å². The van der Waals surface area contributed by atoms with E-state index in [2.05, 4.69) is 9.97 Å². The van der Waals surface area contributed by atoms with Gasteiger partial charge in [-0.25, -0.2) is 14.8 Å². The Labute approximate surface area is 120 Å². The first-order chi connectivity index (χ1) is 9.35. The molecule has 5 nitrogen and oxygen atoms in total. The molecule has 20 heavy (non-hydrogen) atoms. The van der Waals surface area contributed by atoms with Gasteiger partial charge in [0.25, 0.3) is 0 Å². The summed E-state index contributed by atoms with van der Waals surface area (Å²) in [6.07, 6.45) is 3.58. The third kappa shape index (κ3) is 3.92. The lowest BCUT2D eigenvalue weighted by Crippen LogP contribution is -2.42. The monoisotopic (exact) mass is 277 g/mol. The number of rotatable bonds is 1. The number of carbonyl (C=O) groups is 1. The normalized spacial score (nSPS) is 19.8. The predicted octanol–water partition coefficient (Wildman–Crippen LogP) is 2.90. The van der Waals surface area contributed by atoms with Crippen LogP contribution in [0.5, 0.6) is 0 Å². The zero-order valence-electron chi connectivity index (χ0n) is 12.7. The number of carbonyl (C=O) groups excluding carboxylic acids is 1. The van der Waals surface area contributed by atoms with Gasteiger partial charge in [-0.3, -0.25) is 0 Å². The van der Waals surface area contributed by atoms with E-state index in [1.165, 1.54) is 0 Å². The summed E-state index contributed by atoms with van der Waals surface area (Å²) in [4.78, 5) is 22.5. The maximum Gasteiger partial charge on any atom is 0.410 e. The molecule has 0 unspecified atom stereocenters. The third-order valence-corrected chi connectivity index (χ3v) is 3.29. The SMILES string of the molecule is Cc1nccc([C@H]2CCCN(C(=O)OC(C)(C)C)C2)n1. The van der Waals surface area contributed by atoms with Crippen LogP contribution in [0.15, 0.2) is 12.3 Å². The fourth-order valence-electron chi connectivity index (χ4n) is 2.41. The molecule has 1 aliphatic rings. The maximum absolute atomic E-state index is 12.1. The van der Waals surface area contributed by atoms with Crippen molar-refractivity contribution in [3.8, 4) is 0 Å². The molecule has 1 aromatic heterocycles. The second kappa shape index (κ2) is 5.77. The van der Waals surface area contributed by atoms with Gasteiger partial charge in [0, 0.05) is 30.9 Å².